The smallest absolute Gasteiger partial charge is 0.254 e. The molecule has 4 heteroatoms. The van der Waals surface area contributed by atoms with Crippen molar-refractivity contribution < 1.29 is 9.53 Å². The Morgan fingerprint density at radius 1 is 1.42 bits per heavy atom. The molecule has 0 bridgehead atoms. The number of carbonyl (C=O) groups excluding carboxylic acids is 1. The van der Waals surface area contributed by atoms with Gasteiger partial charge < -0.3 is 9.64 Å². The average Bonchev–Trinajstić information content (AvgIpc) is 2.47. The number of hydrogen-bond acceptors (Lipinski definition) is 3. The number of rotatable bonds is 4. The molecule has 104 valence electrons. The van der Waals surface area contributed by atoms with Gasteiger partial charge in [0.15, 0.2) is 0 Å². The number of ether oxygens (including phenoxy) is 1. The van der Waals surface area contributed by atoms with Crippen LogP contribution in [0.1, 0.15) is 29.6 Å². The van der Waals surface area contributed by atoms with Gasteiger partial charge in [0.1, 0.15) is 0 Å². The predicted octanol–water partition coefficient (Wildman–Crippen LogP) is 3.05. The Kier molecular flexibility index (Phi) is 5.28. The van der Waals surface area contributed by atoms with E-state index in [2.05, 4.69) is 0 Å². The van der Waals surface area contributed by atoms with Crippen LogP contribution >= 0.6 is 11.8 Å². The zero-order chi connectivity index (χ0) is 13.7. The molecule has 1 fully saturated rings. The molecule has 0 aliphatic carbocycles. The number of carbonyl (C=O) groups is 1. The fraction of sp³-hybridized carbons (Fsp3) is 0.533. The molecule has 1 heterocycles. The molecule has 0 saturated carbocycles. The van der Waals surface area contributed by atoms with E-state index in [0.717, 1.165) is 29.9 Å². The first-order valence-electron chi connectivity index (χ1n) is 6.72. The van der Waals surface area contributed by atoms with Gasteiger partial charge in [0.25, 0.3) is 5.91 Å². The highest BCUT2D eigenvalue weighted by molar-refractivity contribution is 7.98. The molecular weight excluding hydrogens is 258 g/mol. The molecule has 0 N–H and O–H groups in total. The lowest BCUT2D eigenvalue weighted by atomic mass is 10.1. The van der Waals surface area contributed by atoms with E-state index in [1.165, 1.54) is 6.42 Å². The van der Waals surface area contributed by atoms with Crippen molar-refractivity contribution in [1.82, 2.24) is 4.90 Å². The van der Waals surface area contributed by atoms with E-state index in [0.29, 0.717) is 6.54 Å². The van der Waals surface area contributed by atoms with Crippen LogP contribution in [0.15, 0.2) is 29.2 Å². The van der Waals surface area contributed by atoms with Crippen molar-refractivity contribution >= 4 is 17.7 Å². The molecular formula is C15H21NO2S. The summed E-state index contributed by atoms with van der Waals surface area (Å²) in [6, 6.07) is 7.76. The van der Waals surface area contributed by atoms with Gasteiger partial charge >= 0.3 is 0 Å². The second-order valence-corrected chi connectivity index (χ2v) is 5.72. The normalized spacial score (nSPS) is 19.2. The fourth-order valence-corrected chi connectivity index (χ4v) is 2.96. The Labute approximate surface area is 119 Å². The summed E-state index contributed by atoms with van der Waals surface area (Å²) in [5.41, 5.74) is 0.785. The predicted molar refractivity (Wildman–Crippen MR) is 78.8 cm³/mol. The summed E-state index contributed by atoms with van der Waals surface area (Å²) in [4.78, 5) is 15.3. The van der Waals surface area contributed by atoms with Crippen molar-refractivity contribution in [1.29, 1.82) is 0 Å². The van der Waals surface area contributed by atoms with E-state index in [9.17, 15) is 4.79 Å². The fourth-order valence-electron chi connectivity index (χ4n) is 2.37. The number of benzene rings is 1. The van der Waals surface area contributed by atoms with Crippen LogP contribution in [-0.4, -0.2) is 43.4 Å². The van der Waals surface area contributed by atoms with Gasteiger partial charge in [0.05, 0.1) is 11.7 Å². The minimum Gasteiger partial charge on any atom is -0.376 e. The minimum absolute atomic E-state index is 0.0825. The second-order valence-electron chi connectivity index (χ2n) is 4.87. The van der Waals surface area contributed by atoms with E-state index < -0.39 is 0 Å². The zero-order valence-electron chi connectivity index (χ0n) is 11.6. The summed E-state index contributed by atoms with van der Waals surface area (Å²) >= 11 is 1.61. The molecule has 1 aliphatic heterocycles. The zero-order valence-corrected chi connectivity index (χ0v) is 12.4. The lowest BCUT2D eigenvalue weighted by Gasteiger charge is -2.27. The Balaban J connectivity index is 2.01. The van der Waals surface area contributed by atoms with Gasteiger partial charge in [0, 0.05) is 25.1 Å². The SMILES string of the molecule is CSc1ccccc1C(=O)N(C)C[C@@H]1CCCCO1. The molecule has 1 aromatic rings. The Morgan fingerprint density at radius 3 is 2.89 bits per heavy atom. The maximum Gasteiger partial charge on any atom is 0.254 e. The van der Waals surface area contributed by atoms with Crippen LogP contribution in [0.5, 0.6) is 0 Å². The van der Waals surface area contributed by atoms with Crippen molar-refractivity contribution in [2.45, 2.75) is 30.3 Å². The molecule has 19 heavy (non-hydrogen) atoms. The van der Waals surface area contributed by atoms with Crippen molar-refractivity contribution in [2.75, 3.05) is 26.5 Å². The summed E-state index contributed by atoms with van der Waals surface area (Å²) in [7, 11) is 1.86. The lowest BCUT2D eigenvalue weighted by Crippen LogP contribution is -2.37. The highest BCUT2D eigenvalue weighted by atomic mass is 32.2. The van der Waals surface area contributed by atoms with Crippen molar-refractivity contribution in [3.8, 4) is 0 Å². The molecule has 1 saturated heterocycles. The summed E-state index contributed by atoms with van der Waals surface area (Å²) in [6.07, 6.45) is 5.60. The molecule has 0 aromatic heterocycles. The molecule has 0 spiro atoms. The van der Waals surface area contributed by atoms with Gasteiger partial charge in [-0.3, -0.25) is 4.79 Å². The third-order valence-corrected chi connectivity index (χ3v) is 4.23. The molecule has 3 nitrogen and oxygen atoms in total. The Bertz CT molecular complexity index is 430. The van der Waals surface area contributed by atoms with Gasteiger partial charge in [-0.1, -0.05) is 12.1 Å². The van der Waals surface area contributed by atoms with Crippen LogP contribution in [0.4, 0.5) is 0 Å². The molecule has 2 rings (SSSR count). The van der Waals surface area contributed by atoms with Crippen LogP contribution in [0.25, 0.3) is 0 Å². The maximum atomic E-state index is 12.5. The third kappa shape index (κ3) is 3.74. The highest BCUT2D eigenvalue weighted by Gasteiger charge is 2.20. The molecule has 0 radical (unpaired) electrons. The van der Waals surface area contributed by atoms with Crippen LogP contribution in [0, 0.1) is 0 Å². The van der Waals surface area contributed by atoms with Crippen LogP contribution in [0.2, 0.25) is 0 Å². The number of thioether (sulfide) groups is 1. The molecule has 0 unspecified atom stereocenters. The van der Waals surface area contributed by atoms with Gasteiger partial charge in [-0.2, -0.15) is 0 Å². The van der Waals surface area contributed by atoms with Gasteiger partial charge in [-0.15, -0.1) is 11.8 Å². The van der Waals surface area contributed by atoms with Gasteiger partial charge in [-0.25, -0.2) is 0 Å². The van der Waals surface area contributed by atoms with E-state index >= 15 is 0 Å². The standard InChI is InChI=1S/C15H21NO2S/c1-16(11-12-7-5-6-10-18-12)15(17)13-8-3-4-9-14(13)19-2/h3-4,8-9,12H,5-7,10-11H2,1-2H3/t12-/m0/s1. The van der Waals surface area contributed by atoms with Crippen molar-refractivity contribution in [3.63, 3.8) is 0 Å². The van der Waals surface area contributed by atoms with Gasteiger partial charge in [0.2, 0.25) is 0 Å². The van der Waals surface area contributed by atoms with Crippen LogP contribution in [0.3, 0.4) is 0 Å². The first kappa shape index (κ1) is 14.4. The van der Waals surface area contributed by atoms with E-state index in [4.69, 9.17) is 4.74 Å². The number of likely N-dealkylation sites (N-methyl/N-ethyl adjacent to an activating group) is 1. The second kappa shape index (κ2) is 6.96. The molecule has 1 aromatic carbocycles. The molecule has 1 atom stereocenters. The number of hydrogen-bond donors (Lipinski definition) is 0. The summed E-state index contributed by atoms with van der Waals surface area (Å²) in [6.45, 7) is 1.51. The molecule has 1 amide bonds. The van der Waals surface area contributed by atoms with E-state index in [1.54, 1.807) is 16.7 Å². The van der Waals surface area contributed by atoms with Crippen molar-refractivity contribution in [3.05, 3.63) is 29.8 Å². The topological polar surface area (TPSA) is 29.5 Å². The highest BCUT2D eigenvalue weighted by Crippen LogP contribution is 2.22. The quantitative estimate of drug-likeness (QED) is 0.793. The summed E-state index contributed by atoms with van der Waals surface area (Å²) < 4.78 is 5.69. The largest absolute Gasteiger partial charge is 0.376 e. The summed E-state index contributed by atoms with van der Waals surface area (Å²) in [5.74, 6) is 0.0825. The summed E-state index contributed by atoms with van der Waals surface area (Å²) in [5, 5.41) is 0. The Hall–Kier alpha value is -1.00. The van der Waals surface area contributed by atoms with E-state index in [-0.39, 0.29) is 12.0 Å². The van der Waals surface area contributed by atoms with Crippen LogP contribution < -0.4 is 0 Å². The number of amides is 1. The maximum absolute atomic E-state index is 12.5. The lowest BCUT2D eigenvalue weighted by molar-refractivity contribution is -0.000248. The van der Waals surface area contributed by atoms with Crippen molar-refractivity contribution in [2.24, 2.45) is 0 Å². The van der Waals surface area contributed by atoms with Gasteiger partial charge in [-0.05, 0) is 37.7 Å². The average molecular weight is 279 g/mol. The monoisotopic (exact) mass is 279 g/mol. The minimum atomic E-state index is 0.0825. The molecule has 1 aliphatic rings. The third-order valence-electron chi connectivity index (χ3n) is 3.44. The van der Waals surface area contributed by atoms with Crippen LogP contribution in [-0.2, 0) is 4.74 Å². The first-order valence-corrected chi connectivity index (χ1v) is 7.95. The number of nitrogens with zero attached hydrogens (tertiary/aromatic N) is 1. The van der Waals surface area contributed by atoms with E-state index in [1.807, 2.05) is 37.6 Å². The first-order chi connectivity index (χ1) is 9.22. The Morgan fingerprint density at radius 2 is 2.21 bits per heavy atom.